The molecule has 0 saturated carbocycles. The van der Waals surface area contributed by atoms with Crippen molar-refractivity contribution in [2.75, 3.05) is 0 Å². The van der Waals surface area contributed by atoms with E-state index in [0.29, 0.717) is 15.6 Å². The Morgan fingerprint density at radius 2 is 1.59 bits per heavy atom. The van der Waals surface area contributed by atoms with E-state index in [1.54, 1.807) is 24.3 Å². The molecular formula is C20H20Cl2FN3O3. The fraction of sp³-hybridized carbons (Fsp3) is 0.250. The molecule has 0 aliphatic rings. The zero-order valence-electron chi connectivity index (χ0n) is 15.5. The lowest BCUT2D eigenvalue weighted by Crippen LogP contribution is -2.54. The van der Waals surface area contributed by atoms with Crippen molar-refractivity contribution in [2.45, 2.75) is 31.8 Å². The van der Waals surface area contributed by atoms with Gasteiger partial charge in [-0.15, -0.1) is 0 Å². The molecule has 0 aromatic heterocycles. The molecule has 0 fully saturated rings. The maximum Gasteiger partial charge on any atom is 0.243 e. The standard InChI is InChI=1S/C20H20Cl2FN3O3/c1-11(27)25-18(9-12-5-2-3-8-16(12)23)20(29)26-17(19(24)28)10-13-14(21)6-4-7-15(13)22/h2-8,17-18H,9-10H2,1H3,(H2,24,28)(H,25,27)(H,26,29)/t17-,18+/m1/s1. The van der Waals surface area contributed by atoms with Gasteiger partial charge >= 0.3 is 0 Å². The first-order valence-electron chi connectivity index (χ1n) is 8.72. The summed E-state index contributed by atoms with van der Waals surface area (Å²) in [5.74, 6) is -2.48. The van der Waals surface area contributed by atoms with Gasteiger partial charge in [0.05, 0.1) is 0 Å². The van der Waals surface area contributed by atoms with Crippen LogP contribution in [0.5, 0.6) is 0 Å². The lowest BCUT2D eigenvalue weighted by Gasteiger charge is -2.22. The van der Waals surface area contributed by atoms with Crippen LogP contribution in [0.3, 0.4) is 0 Å². The van der Waals surface area contributed by atoms with E-state index < -0.39 is 35.6 Å². The van der Waals surface area contributed by atoms with E-state index in [0.717, 1.165) is 0 Å². The van der Waals surface area contributed by atoms with E-state index >= 15 is 0 Å². The minimum atomic E-state index is -1.13. The van der Waals surface area contributed by atoms with Crippen LogP contribution < -0.4 is 16.4 Å². The van der Waals surface area contributed by atoms with Crippen molar-refractivity contribution in [3.8, 4) is 0 Å². The van der Waals surface area contributed by atoms with Gasteiger partial charge < -0.3 is 16.4 Å². The van der Waals surface area contributed by atoms with Gasteiger partial charge in [0.25, 0.3) is 0 Å². The second-order valence-corrected chi connectivity index (χ2v) is 7.23. The Morgan fingerprint density at radius 3 is 2.14 bits per heavy atom. The van der Waals surface area contributed by atoms with Gasteiger partial charge in [-0.1, -0.05) is 47.5 Å². The predicted molar refractivity (Wildman–Crippen MR) is 109 cm³/mol. The first-order valence-corrected chi connectivity index (χ1v) is 9.47. The maximum absolute atomic E-state index is 14.0. The Labute approximate surface area is 177 Å². The zero-order chi connectivity index (χ0) is 21.6. The molecule has 2 atom stereocenters. The van der Waals surface area contributed by atoms with Crippen LogP contribution in [-0.4, -0.2) is 29.8 Å². The molecule has 0 aliphatic heterocycles. The first kappa shape index (κ1) is 22.6. The Kier molecular flexibility index (Phi) is 7.99. The number of halogens is 3. The van der Waals surface area contributed by atoms with Crippen molar-refractivity contribution in [1.82, 2.24) is 10.6 Å². The van der Waals surface area contributed by atoms with Gasteiger partial charge in [-0.05, 0) is 29.3 Å². The molecule has 4 N–H and O–H groups in total. The van der Waals surface area contributed by atoms with E-state index in [4.69, 9.17) is 28.9 Å². The van der Waals surface area contributed by atoms with E-state index in [1.165, 1.54) is 25.1 Å². The van der Waals surface area contributed by atoms with Gasteiger partial charge in [-0.2, -0.15) is 0 Å². The predicted octanol–water partition coefficient (Wildman–Crippen LogP) is 2.39. The van der Waals surface area contributed by atoms with Crippen LogP contribution >= 0.6 is 23.2 Å². The molecule has 0 radical (unpaired) electrons. The van der Waals surface area contributed by atoms with Crippen LogP contribution in [-0.2, 0) is 27.2 Å². The van der Waals surface area contributed by atoms with E-state index in [1.807, 2.05) is 0 Å². The average Bonchev–Trinajstić information content (AvgIpc) is 2.64. The number of carbonyl (C=O) groups excluding carboxylic acids is 3. The lowest BCUT2D eigenvalue weighted by molar-refractivity contribution is -0.130. The lowest BCUT2D eigenvalue weighted by atomic mass is 10.0. The highest BCUT2D eigenvalue weighted by molar-refractivity contribution is 6.36. The van der Waals surface area contributed by atoms with Gasteiger partial charge in [0.15, 0.2) is 0 Å². The number of hydrogen-bond acceptors (Lipinski definition) is 3. The van der Waals surface area contributed by atoms with E-state index in [2.05, 4.69) is 10.6 Å². The molecule has 0 saturated heterocycles. The topological polar surface area (TPSA) is 101 Å². The number of amides is 3. The summed E-state index contributed by atoms with van der Waals surface area (Å²) in [5, 5.41) is 5.61. The molecule has 9 heteroatoms. The van der Waals surface area contributed by atoms with Gasteiger partial charge in [-0.25, -0.2) is 4.39 Å². The number of nitrogens with two attached hydrogens (primary N) is 1. The number of carbonyl (C=O) groups is 3. The third-order valence-corrected chi connectivity index (χ3v) is 4.91. The van der Waals surface area contributed by atoms with Crippen LogP contribution in [0.1, 0.15) is 18.1 Å². The summed E-state index contributed by atoms with van der Waals surface area (Å²) in [6, 6.07) is 8.51. The Bertz CT molecular complexity index is 903. The molecule has 0 spiro atoms. The smallest absolute Gasteiger partial charge is 0.243 e. The summed E-state index contributed by atoms with van der Waals surface area (Å²) in [6.07, 6.45) is -0.136. The van der Waals surface area contributed by atoms with Crippen LogP contribution in [0.25, 0.3) is 0 Å². The molecule has 2 aromatic carbocycles. The summed E-state index contributed by atoms with van der Waals surface area (Å²) >= 11 is 12.2. The van der Waals surface area contributed by atoms with Crippen LogP contribution in [0, 0.1) is 5.82 Å². The SMILES string of the molecule is CC(=O)N[C@@H](Cc1ccccc1F)C(=O)N[C@H](Cc1c(Cl)cccc1Cl)C(N)=O. The summed E-state index contributed by atoms with van der Waals surface area (Å²) in [6.45, 7) is 1.23. The van der Waals surface area contributed by atoms with Crippen LogP contribution in [0.15, 0.2) is 42.5 Å². The Morgan fingerprint density at radius 1 is 0.966 bits per heavy atom. The van der Waals surface area contributed by atoms with Crippen molar-refractivity contribution in [3.63, 3.8) is 0 Å². The normalized spacial score (nSPS) is 12.7. The molecular weight excluding hydrogens is 420 g/mol. The molecule has 154 valence electrons. The number of benzene rings is 2. The van der Waals surface area contributed by atoms with Crippen LogP contribution in [0.2, 0.25) is 10.0 Å². The third kappa shape index (κ3) is 6.44. The maximum atomic E-state index is 14.0. The molecule has 29 heavy (non-hydrogen) atoms. The van der Waals surface area contributed by atoms with Gasteiger partial charge in [0, 0.05) is 29.8 Å². The number of primary amides is 1. The molecule has 0 bridgehead atoms. The van der Waals surface area contributed by atoms with Crippen molar-refractivity contribution in [2.24, 2.45) is 5.73 Å². The second kappa shape index (κ2) is 10.2. The van der Waals surface area contributed by atoms with Crippen molar-refractivity contribution in [3.05, 3.63) is 69.5 Å². The quantitative estimate of drug-likeness (QED) is 0.588. The fourth-order valence-corrected chi connectivity index (χ4v) is 3.32. The molecule has 0 aliphatic carbocycles. The minimum Gasteiger partial charge on any atom is -0.368 e. The number of rotatable bonds is 8. The van der Waals surface area contributed by atoms with Crippen molar-refractivity contribution >= 4 is 40.9 Å². The minimum absolute atomic E-state index is 0.0356. The highest BCUT2D eigenvalue weighted by Crippen LogP contribution is 2.25. The van der Waals surface area contributed by atoms with Gasteiger partial charge in [-0.3, -0.25) is 14.4 Å². The van der Waals surface area contributed by atoms with Gasteiger partial charge in [0.2, 0.25) is 17.7 Å². The Balaban J connectivity index is 2.21. The molecule has 0 unspecified atom stereocenters. The monoisotopic (exact) mass is 439 g/mol. The number of hydrogen-bond donors (Lipinski definition) is 3. The molecule has 3 amide bonds. The van der Waals surface area contributed by atoms with E-state index in [-0.39, 0.29) is 18.4 Å². The molecule has 6 nitrogen and oxygen atoms in total. The molecule has 2 aromatic rings. The summed E-state index contributed by atoms with van der Waals surface area (Å²) in [7, 11) is 0. The Hall–Kier alpha value is -2.64. The summed E-state index contributed by atoms with van der Waals surface area (Å²) in [5.41, 5.74) is 6.11. The second-order valence-electron chi connectivity index (χ2n) is 6.42. The summed E-state index contributed by atoms with van der Waals surface area (Å²) < 4.78 is 14.0. The molecule has 0 heterocycles. The van der Waals surface area contributed by atoms with Gasteiger partial charge in [0.1, 0.15) is 17.9 Å². The molecule has 2 rings (SSSR count). The number of nitrogens with one attached hydrogen (secondary N) is 2. The zero-order valence-corrected chi connectivity index (χ0v) is 17.1. The highest BCUT2D eigenvalue weighted by Gasteiger charge is 2.27. The fourth-order valence-electron chi connectivity index (χ4n) is 2.77. The third-order valence-electron chi connectivity index (χ3n) is 4.21. The van der Waals surface area contributed by atoms with Crippen LogP contribution in [0.4, 0.5) is 4.39 Å². The summed E-state index contributed by atoms with van der Waals surface area (Å²) in [4.78, 5) is 36.2. The van der Waals surface area contributed by atoms with Crippen molar-refractivity contribution in [1.29, 1.82) is 0 Å². The average molecular weight is 440 g/mol. The first-order chi connectivity index (χ1) is 13.7. The highest BCUT2D eigenvalue weighted by atomic mass is 35.5. The van der Waals surface area contributed by atoms with E-state index in [9.17, 15) is 18.8 Å². The largest absolute Gasteiger partial charge is 0.368 e. The van der Waals surface area contributed by atoms with Crippen molar-refractivity contribution < 1.29 is 18.8 Å².